The number of rotatable bonds is 4. The lowest BCUT2D eigenvalue weighted by molar-refractivity contribution is 0.0944. The zero-order valence-electron chi connectivity index (χ0n) is 29.2. The number of pyridine rings is 1. The van der Waals surface area contributed by atoms with Gasteiger partial charge < -0.3 is 20.3 Å². The van der Waals surface area contributed by atoms with Crippen LogP contribution >= 0.6 is 34.3 Å². The maximum absolute atomic E-state index is 12.8. The number of carbonyl (C=O) groups excluding carboxylic acids is 2. The minimum atomic E-state index is -0.00382. The van der Waals surface area contributed by atoms with E-state index in [1.54, 1.807) is 11.3 Å². The van der Waals surface area contributed by atoms with E-state index in [1.165, 1.54) is 11.3 Å². The van der Waals surface area contributed by atoms with E-state index >= 15 is 0 Å². The largest absolute Gasteiger partial charge is 0.490 e. The Labute approximate surface area is 315 Å². The molecule has 7 heterocycles. The molecule has 4 aromatic heterocycles. The van der Waals surface area contributed by atoms with Gasteiger partial charge in [-0.15, -0.1) is 11.3 Å². The molecule has 2 atom stereocenters. The average molecular weight is 751 g/mol. The molecule has 2 unspecified atom stereocenters. The zero-order valence-corrected chi connectivity index (χ0v) is 31.6. The average Bonchev–Trinajstić information content (AvgIpc) is 3.86. The van der Waals surface area contributed by atoms with E-state index in [4.69, 9.17) is 21.3 Å². The number of imidazole rings is 1. The number of aromatic nitrogens is 3. The molecule has 266 valence electrons. The molecule has 0 fully saturated rings. The highest BCUT2D eigenvalue weighted by Gasteiger charge is 2.33. The highest BCUT2D eigenvalue weighted by atomic mass is 35.5. The number of carbonyl (C=O) groups is 2. The van der Waals surface area contributed by atoms with Gasteiger partial charge >= 0.3 is 0 Å². The predicted molar refractivity (Wildman–Crippen MR) is 209 cm³/mol. The van der Waals surface area contributed by atoms with Crippen LogP contribution in [-0.2, 0) is 6.42 Å². The molecule has 12 heteroatoms. The highest BCUT2D eigenvalue weighted by Crippen LogP contribution is 2.45. The molecular weight excluding hydrogens is 712 g/mol. The molecule has 3 aliphatic rings. The van der Waals surface area contributed by atoms with Crippen molar-refractivity contribution in [3.63, 3.8) is 0 Å². The number of benzene rings is 2. The molecule has 3 aliphatic heterocycles. The first-order chi connectivity index (χ1) is 25.2. The fourth-order valence-corrected chi connectivity index (χ4v) is 9.79. The van der Waals surface area contributed by atoms with E-state index in [0.29, 0.717) is 19.7 Å². The molecule has 0 saturated carbocycles. The van der Waals surface area contributed by atoms with Gasteiger partial charge in [0.2, 0.25) is 0 Å². The zero-order chi connectivity index (χ0) is 36.0. The molecular formula is C40H39ClN6O3S2. The van der Waals surface area contributed by atoms with E-state index in [0.717, 1.165) is 83.8 Å². The molecule has 0 radical (unpaired) electrons. The molecule has 0 bridgehead atoms. The van der Waals surface area contributed by atoms with E-state index in [2.05, 4.69) is 57.8 Å². The number of hydrogen-bond acceptors (Lipinski definition) is 8. The van der Waals surface area contributed by atoms with Gasteiger partial charge in [-0.05, 0) is 77.6 Å². The normalized spacial score (nSPS) is 18.3. The summed E-state index contributed by atoms with van der Waals surface area (Å²) >= 11 is 9.51. The second kappa shape index (κ2) is 14.0. The van der Waals surface area contributed by atoms with Crippen LogP contribution in [0.5, 0.6) is 5.75 Å². The van der Waals surface area contributed by atoms with Crippen LogP contribution in [0.1, 0.15) is 75.2 Å². The van der Waals surface area contributed by atoms with Crippen molar-refractivity contribution in [2.24, 2.45) is 5.41 Å². The Kier molecular flexibility index (Phi) is 9.27. The fourth-order valence-electron chi connectivity index (χ4n) is 7.29. The SMILES string of the molecule is CC(c1ccccc1Cl)C1CCNC(=O)c2sc(-c3cnc4ccccn34)cc21.CC1(C)CNC(=O)c2sc(N3CCOc4ccccc43)nc2C1. The van der Waals surface area contributed by atoms with Crippen LogP contribution in [0.4, 0.5) is 10.8 Å². The van der Waals surface area contributed by atoms with Crippen LogP contribution in [0.2, 0.25) is 5.02 Å². The van der Waals surface area contributed by atoms with Gasteiger partial charge in [-0.25, -0.2) is 9.97 Å². The third-order valence-corrected chi connectivity index (χ3v) is 12.6. The van der Waals surface area contributed by atoms with Crippen LogP contribution in [0.15, 0.2) is 85.2 Å². The summed E-state index contributed by atoms with van der Waals surface area (Å²) in [7, 11) is 0. The van der Waals surface area contributed by atoms with Crippen molar-refractivity contribution in [2.75, 3.05) is 31.1 Å². The standard InChI is InChI=1S/C23H20ClN3OS.C17H19N3O2S/c1-14(16-6-2-3-7-18(16)24)15-9-10-25-23(28)22-17(15)12-20(29-22)19-13-26-21-8-4-5-11-27(19)21;1-17(2)9-11-14(15(21)18-10-17)23-16(19-11)20-7-8-22-13-6-4-3-5-12(13)20/h2-8,11-15H,9-10H2,1H3,(H,25,28);3-6H,7-10H2,1-2H3,(H,18,21). The van der Waals surface area contributed by atoms with E-state index in [9.17, 15) is 9.59 Å². The van der Waals surface area contributed by atoms with Gasteiger partial charge in [0, 0.05) is 24.3 Å². The molecule has 0 spiro atoms. The molecule has 2 amide bonds. The van der Waals surface area contributed by atoms with Crippen molar-refractivity contribution >= 4 is 62.6 Å². The Morgan fingerprint density at radius 2 is 1.77 bits per heavy atom. The van der Waals surface area contributed by atoms with Crippen molar-refractivity contribution < 1.29 is 14.3 Å². The Balaban J connectivity index is 0.000000153. The Hall–Kier alpha value is -4.71. The quantitative estimate of drug-likeness (QED) is 0.187. The number of fused-ring (bicyclic) bond motifs is 4. The molecule has 9 nitrogen and oxygen atoms in total. The van der Waals surface area contributed by atoms with Crippen molar-refractivity contribution in [3.05, 3.63) is 117 Å². The van der Waals surface area contributed by atoms with Gasteiger partial charge in [0.25, 0.3) is 11.8 Å². The molecule has 2 N–H and O–H groups in total. The van der Waals surface area contributed by atoms with E-state index in [-0.39, 0.29) is 29.1 Å². The molecule has 9 rings (SSSR count). The molecule has 52 heavy (non-hydrogen) atoms. The lowest BCUT2D eigenvalue weighted by atomic mass is 9.81. The first-order valence-electron chi connectivity index (χ1n) is 17.5. The van der Waals surface area contributed by atoms with Gasteiger partial charge in [0.05, 0.1) is 39.6 Å². The topological polar surface area (TPSA) is 101 Å². The highest BCUT2D eigenvalue weighted by molar-refractivity contribution is 7.18. The molecule has 0 aliphatic carbocycles. The van der Waals surface area contributed by atoms with E-state index in [1.807, 2.05) is 73.1 Å². The molecule has 6 aromatic rings. The van der Waals surface area contributed by atoms with Gasteiger partial charge in [0.15, 0.2) is 5.13 Å². The number of amides is 2. The Morgan fingerprint density at radius 3 is 2.63 bits per heavy atom. The lowest BCUT2D eigenvalue weighted by Crippen LogP contribution is -2.32. The third kappa shape index (κ3) is 6.57. The summed E-state index contributed by atoms with van der Waals surface area (Å²) in [5.41, 5.74) is 6.10. The molecule has 0 saturated heterocycles. The molecule has 2 aromatic carbocycles. The minimum absolute atomic E-state index is 0.00382. The van der Waals surface area contributed by atoms with Crippen molar-refractivity contribution in [1.29, 1.82) is 0 Å². The maximum Gasteiger partial charge on any atom is 0.263 e. The number of anilines is 2. The summed E-state index contributed by atoms with van der Waals surface area (Å²) in [5, 5.41) is 7.73. The smallest absolute Gasteiger partial charge is 0.263 e. The summed E-state index contributed by atoms with van der Waals surface area (Å²) in [6.45, 7) is 9.25. The second-order valence-corrected chi connectivity index (χ2v) is 16.6. The van der Waals surface area contributed by atoms with Gasteiger partial charge in [0.1, 0.15) is 22.9 Å². The van der Waals surface area contributed by atoms with Gasteiger partial charge in [-0.1, -0.05) is 80.1 Å². The number of thiazole rings is 1. The summed E-state index contributed by atoms with van der Waals surface area (Å²) in [5.74, 6) is 1.30. The number of para-hydroxylation sites is 2. The number of nitrogens with one attached hydrogen (secondary N) is 2. The Bertz CT molecular complexity index is 2290. The summed E-state index contributed by atoms with van der Waals surface area (Å²) in [6.07, 6.45) is 5.58. The van der Waals surface area contributed by atoms with Crippen LogP contribution in [0, 0.1) is 5.41 Å². The van der Waals surface area contributed by atoms with Gasteiger partial charge in [-0.3, -0.25) is 14.0 Å². The number of thiophene rings is 1. The van der Waals surface area contributed by atoms with Gasteiger partial charge in [-0.2, -0.15) is 0 Å². The van der Waals surface area contributed by atoms with Crippen molar-refractivity contribution in [1.82, 2.24) is 25.0 Å². The predicted octanol–water partition coefficient (Wildman–Crippen LogP) is 8.72. The number of nitrogens with zero attached hydrogens (tertiary/aromatic N) is 4. The monoisotopic (exact) mass is 750 g/mol. The minimum Gasteiger partial charge on any atom is -0.490 e. The van der Waals surface area contributed by atoms with Crippen LogP contribution < -0.4 is 20.3 Å². The van der Waals surface area contributed by atoms with Crippen LogP contribution in [0.25, 0.3) is 16.2 Å². The first-order valence-corrected chi connectivity index (χ1v) is 19.5. The number of ether oxygens (including phenoxy) is 1. The second-order valence-electron chi connectivity index (χ2n) is 14.2. The van der Waals surface area contributed by atoms with Crippen LogP contribution in [-0.4, -0.2) is 52.4 Å². The van der Waals surface area contributed by atoms with Crippen molar-refractivity contribution in [3.8, 4) is 16.3 Å². The fraction of sp³-hybridized carbons (Fsp3) is 0.300. The number of hydrogen-bond donors (Lipinski definition) is 2. The Morgan fingerprint density at radius 1 is 0.981 bits per heavy atom. The lowest BCUT2D eigenvalue weighted by Gasteiger charge is -2.29. The maximum atomic E-state index is 12.8. The summed E-state index contributed by atoms with van der Waals surface area (Å²) < 4.78 is 7.77. The third-order valence-electron chi connectivity index (χ3n) is 10.0. The van der Waals surface area contributed by atoms with E-state index < -0.39 is 0 Å². The summed E-state index contributed by atoms with van der Waals surface area (Å²) in [4.78, 5) is 39.2. The summed E-state index contributed by atoms with van der Waals surface area (Å²) in [6, 6.07) is 24.1. The number of halogens is 1. The van der Waals surface area contributed by atoms with Crippen molar-refractivity contribution in [2.45, 2.75) is 45.4 Å². The van der Waals surface area contributed by atoms with Crippen LogP contribution in [0.3, 0.4) is 0 Å². The first kappa shape index (κ1) is 34.4.